The van der Waals surface area contributed by atoms with Crippen molar-refractivity contribution in [3.63, 3.8) is 0 Å². The number of hydrogen-bond acceptors (Lipinski definition) is 4. The molecule has 2 N–H and O–H groups in total. The molecule has 0 aliphatic carbocycles. The number of aromatic nitrogens is 1. The number of halogens is 2. The summed E-state index contributed by atoms with van der Waals surface area (Å²) < 4.78 is 5.20. The Hall–Kier alpha value is -2.76. The molecule has 0 saturated heterocycles. The number of pyridine rings is 1. The van der Waals surface area contributed by atoms with Crippen LogP contribution in [0.3, 0.4) is 0 Å². The minimum atomic E-state index is -0.349. The summed E-state index contributed by atoms with van der Waals surface area (Å²) >= 11 is 11.8. The van der Waals surface area contributed by atoms with Gasteiger partial charge in [0, 0.05) is 29.3 Å². The summed E-state index contributed by atoms with van der Waals surface area (Å²) in [7, 11) is 1.61. The molecule has 0 atom stereocenters. The third-order valence-corrected chi connectivity index (χ3v) is 4.27. The molecule has 1 aromatic heterocycles. The van der Waals surface area contributed by atoms with Crippen LogP contribution in [0.1, 0.15) is 10.5 Å². The minimum absolute atomic E-state index is 0.268. The van der Waals surface area contributed by atoms with Gasteiger partial charge in [-0.2, -0.15) is 0 Å². The predicted molar refractivity (Wildman–Crippen MR) is 105 cm³/mol. The molecule has 0 aliphatic rings. The van der Waals surface area contributed by atoms with Gasteiger partial charge < -0.3 is 15.4 Å². The van der Waals surface area contributed by atoms with Crippen LogP contribution in [-0.2, 0) is 0 Å². The van der Waals surface area contributed by atoms with E-state index in [1.807, 2.05) is 24.3 Å². The lowest BCUT2D eigenvalue weighted by atomic mass is 10.2. The van der Waals surface area contributed by atoms with Crippen molar-refractivity contribution in [1.82, 2.24) is 4.98 Å². The first-order chi connectivity index (χ1) is 12.5. The zero-order valence-electron chi connectivity index (χ0n) is 13.8. The van der Waals surface area contributed by atoms with Gasteiger partial charge in [0.25, 0.3) is 5.91 Å². The van der Waals surface area contributed by atoms with Crippen molar-refractivity contribution in [3.05, 3.63) is 76.5 Å². The van der Waals surface area contributed by atoms with Crippen LogP contribution < -0.4 is 15.4 Å². The molecular weight excluding hydrogens is 373 g/mol. The van der Waals surface area contributed by atoms with Crippen LogP contribution in [0, 0.1) is 0 Å². The molecular formula is C19H15Cl2N3O2. The second kappa shape index (κ2) is 8.08. The molecule has 26 heavy (non-hydrogen) atoms. The van der Waals surface area contributed by atoms with E-state index in [0.29, 0.717) is 15.7 Å². The number of benzene rings is 2. The van der Waals surface area contributed by atoms with Gasteiger partial charge in [-0.05, 0) is 42.5 Å². The van der Waals surface area contributed by atoms with E-state index in [9.17, 15) is 4.79 Å². The number of ether oxygens (including phenoxy) is 1. The minimum Gasteiger partial charge on any atom is -0.497 e. The average Bonchev–Trinajstić information content (AvgIpc) is 2.65. The van der Waals surface area contributed by atoms with Crippen molar-refractivity contribution >= 4 is 46.2 Å². The maximum Gasteiger partial charge on any atom is 0.274 e. The van der Waals surface area contributed by atoms with Crippen LogP contribution in [0.25, 0.3) is 0 Å². The van der Waals surface area contributed by atoms with E-state index in [4.69, 9.17) is 27.9 Å². The zero-order valence-corrected chi connectivity index (χ0v) is 15.3. The molecule has 0 aliphatic heterocycles. The summed E-state index contributed by atoms with van der Waals surface area (Å²) in [6.45, 7) is 0. The number of carbonyl (C=O) groups excluding carboxylic acids is 1. The third kappa shape index (κ3) is 4.45. The Morgan fingerprint density at radius 3 is 2.54 bits per heavy atom. The molecule has 0 saturated carbocycles. The molecule has 7 heteroatoms. The van der Waals surface area contributed by atoms with Crippen molar-refractivity contribution in [2.75, 3.05) is 17.7 Å². The normalized spacial score (nSPS) is 10.3. The van der Waals surface area contributed by atoms with Crippen molar-refractivity contribution in [2.24, 2.45) is 0 Å². The SMILES string of the molecule is COc1cccc(Nc2ccnc(C(=O)Nc3ccc(Cl)c(Cl)c3)c2)c1. The van der Waals surface area contributed by atoms with Gasteiger partial charge in [-0.3, -0.25) is 9.78 Å². The van der Waals surface area contributed by atoms with E-state index in [2.05, 4.69) is 15.6 Å². The van der Waals surface area contributed by atoms with E-state index in [-0.39, 0.29) is 11.6 Å². The topological polar surface area (TPSA) is 63.2 Å². The van der Waals surface area contributed by atoms with Crippen molar-refractivity contribution in [2.45, 2.75) is 0 Å². The highest BCUT2D eigenvalue weighted by molar-refractivity contribution is 6.42. The maximum absolute atomic E-state index is 12.4. The first-order valence-corrected chi connectivity index (χ1v) is 8.44. The van der Waals surface area contributed by atoms with Crippen molar-refractivity contribution in [3.8, 4) is 5.75 Å². The van der Waals surface area contributed by atoms with Gasteiger partial charge in [-0.1, -0.05) is 29.3 Å². The van der Waals surface area contributed by atoms with E-state index in [1.165, 1.54) is 0 Å². The Labute approximate surface area is 160 Å². The van der Waals surface area contributed by atoms with Gasteiger partial charge in [0.2, 0.25) is 0 Å². The number of nitrogens with one attached hydrogen (secondary N) is 2. The van der Waals surface area contributed by atoms with Gasteiger partial charge in [0.1, 0.15) is 11.4 Å². The van der Waals surface area contributed by atoms with Crippen LogP contribution >= 0.6 is 23.2 Å². The van der Waals surface area contributed by atoms with Crippen LogP contribution in [0.4, 0.5) is 17.1 Å². The Morgan fingerprint density at radius 1 is 0.962 bits per heavy atom. The standard InChI is InChI=1S/C19H15Cl2N3O2/c1-26-15-4-2-3-12(9-15)23-14-7-8-22-18(11-14)19(25)24-13-5-6-16(20)17(21)10-13/h2-11H,1H3,(H,22,23)(H,24,25). The van der Waals surface area contributed by atoms with E-state index in [1.54, 1.807) is 43.6 Å². The fourth-order valence-electron chi connectivity index (χ4n) is 2.27. The quantitative estimate of drug-likeness (QED) is 0.615. The molecule has 5 nitrogen and oxygen atoms in total. The summed E-state index contributed by atoms with van der Waals surface area (Å²) in [4.78, 5) is 16.5. The first-order valence-electron chi connectivity index (χ1n) is 7.69. The maximum atomic E-state index is 12.4. The van der Waals surface area contributed by atoms with Crippen molar-refractivity contribution in [1.29, 1.82) is 0 Å². The Bertz CT molecular complexity index is 948. The Kier molecular flexibility index (Phi) is 5.61. The summed E-state index contributed by atoms with van der Waals surface area (Å²) in [5.41, 5.74) is 2.38. The second-order valence-electron chi connectivity index (χ2n) is 5.37. The third-order valence-electron chi connectivity index (χ3n) is 3.53. The van der Waals surface area contributed by atoms with E-state index >= 15 is 0 Å². The Morgan fingerprint density at radius 2 is 1.77 bits per heavy atom. The largest absolute Gasteiger partial charge is 0.497 e. The number of nitrogens with zero attached hydrogens (tertiary/aromatic N) is 1. The number of carbonyl (C=O) groups is 1. The molecule has 1 amide bonds. The van der Waals surface area contributed by atoms with Gasteiger partial charge >= 0.3 is 0 Å². The second-order valence-corrected chi connectivity index (χ2v) is 6.18. The highest BCUT2D eigenvalue weighted by atomic mass is 35.5. The predicted octanol–water partition coefficient (Wildman–Crippen LogP) is 5.39. The van der Waals surface area contributed by atoms with Crippen LogP contribution in [0.5, 0.6) is 5.75 Å². The summed E-state index contributed by atoms with van der Waals surface area (Å²) in [5.74, 6) is 0.388. The average molecular weight is 388 g/mol. The molecule has 0 spiro atoms. The van der Waals surface area contributed by atoms with Crippen LogP contribution in [-0.4, -0.2) is 18.0 Å². The first kappa shape index (κ1) is 18.0. The molecule has 0 radical (unpaired) electrons. The van der Waals surface area contributed by atoms with Gasteiger partial charge in [-0.15, -0.1) is 0 Å². The lowest BCUT2D eigenvalue weighted by Gasteiger charge is -2.10. The van der Waals surface area contributed by atoms with Crippen LogP contribution in [0.2, 0.25) is 10.0 Å². The number of rotatable bonds is 5. The molecule has 1 heterocycles. The van der Waals surface area contributed by atoms with E-state index < -0.39 is 0 Å². The van der Waals surface area contributed by atoms with Gasteiger partial charge in [0.15, 0.2) is 0 Å². The summed E-state index contributed by atoms with van der Waals surface area (Å²) in [6.07, 6.45) is 1.56. The van der Waals surface area contributed by atoms with Crippen molar-refractivity contribution < 1.29 is 9.53 Å². The highest BCUT2D eigenvalue weighted by Crippen LogP contribution is 2.25. The lowest BCUT2D eigenvalue weighted by Crippen LogP contribution is -2.13. The van der Waals surface area contributed by atoms with Gasteiger partial charge in [-0.25, -0.2) is 0 Å². The zero-order chi connectivity index (χ0) is 18.5. The van der Waals surface area contributed by atoms with Crippen LogP contribution in [0.15, 0.2) is 60.8 Å². The molecule has 132 valence electrons. The Balaban J connectivity index is 1.75. The molecule has 0 fully saturated rings. The van der Waals surface area contributed by atoms with Gasteiger partial charge in [0.05, 0.1) is 17.2 Å². The number of methoxy groups -OCH3 is 1. The number of anilines is 3. The van der Waals surface area contributed by atoms with E-state index in [0.717, 1.165) is 17.1 Å². The molecule has 0 bridgehead atoms. The molecule has 0 unspecified atom stereocenters. The monoisotopic (exact) mass is 387 g/mol. The molecule has 3 aromatic rings. The fraction of sp³-hybridized carbons (Fsp3) is 0.0526. The molecule has 3 rings (SSSR count). The fourth-order valence-corrected chi connectivity index (χ4v) is 2.57. The number of amides is 1. The summed E-state index contributed by atoms with van der Waals surface area (Å²) in [5, 5.41) is 6.75. The summed E-state index contributed by atoms with van der Waals surface area (Å²) in [6, 6.07) is 15.8. The number of hydrogen-bond donors (Lipinski definition) is 2. The smallest absolute Gasteiger partial charge is 0.274 e. The highest BCUT2D eigenvalue weighted by Gasteiger charge is 2.10. The molecule has 2 aromatic carbocycles. The lowest BCUT2D eigenvalue weighted by molar-refractivity contribution is 0.102.